The van der Waals surface area contributed by atoms with Crippen molar-refractivity contribution >= 4 is 29.1 Å². The van der Waals surface area contributed by atoms with Gasteiger partial charge in [0.2, 0.25) is 0 Å². The third kappa shape index (κ3) is 8.88. The summed E-state index contributed by atoms with van der Waals surface area (Å²) >= 11 is 12.1. The molecule has 0 unspecified atom stereocenters. The van der Waals surface area contributed by atoms with E-state index in [0.29, 0.717) is 22.3 Å². The van der Waals surface area contributed by atoms with E-state index in [2.05, 4.69) is 10.2 Å². The predicted molar refractivity (Wildman–Crippen MR) is 81.4 cm³/mol. The molecule has 0 saturated carbocycles. The van der Waals surface area contributed by atoms with Gasteiger partial charge in [-0.05, 0) is 26.2 Å². The number of halogens is 4. The summed E-state index contributed by atoms with van der Waals surface area (Å²) in [7, 11) is 4.00. The van der Waals surface area contributed by atoms with Crippen LogP contribution in [0.1, 0.15) is 5.56 Å². The van der Waals surface area contributed by atoms with E-state index in [-0.39, 0.29) is 31.4 Å². The highest BCUT2D eigenvalue weighted by atomic mass is 35.5. The number of benzene rings is 1. The standard InChI is InChI=1S/C13H19Cl2N3O2.2ClH/c1-18(2)4-3-17-7-9-5-10(14)6-11(15)13(9)20-8-12(16)19;;/h5-6,17H,3-4,7-8H2,1-2H3,(H2,16,19);2*1H/p-2. The van der Waals surface area contributed by atoms with Gasteiger partial charge in [-0.1, -0.05) is 23.2 Å². The van der Waals surface area contributed by atoms with Crippen LogP contribution in [0.3, 0.4) is 0 Å². The molecule has 0 aliphatic carbocycles. The van der Waals surface area contributed by atoms with Gasteiger partial charge < -0.3 is 45.5 Å². The number of likely N-dealkylation sites (N-methyl/N-ethyl adjacent to an activating group) is 1. The molecule has 3 N–H and O–H groups in total. The van der Waals surface area contributed by atoms with Gasteiger partial charge in [-0.3, -0.25) is 4.79 Å². The molecule has 1 rings (SSSR count). The fourth-order valence-corrected chi connectivity index (χ4v) is 2.17. The summed E-state index contributed by atoms with van der Waals surface area (Å²) in [6, 6.07) is 3.33. The number of primary amides is 1. The SMILES string of the molecule is CN(C)CCNCc1cc(Cl)cc(Cl)c1OCC(N)=O.[Cl-].[Cl-]. The molecule has 128 valence electrons. The van der Waals surface area contributed by atoms with E-state index in [4.69, 9.17) is 33.7 Å². The molecule has 0 aliphatic heterocycles. The molecule has 1 aromatic carbocycles. The number of rotatable bonds is 8. The predicted octanol–water partition coefficient (Wildman–Crippen LogP) is -4.48. The van der Waals surface area contributed by atoms with Crippen molar-refractivity contribution in [1.29, 1.82) is 0 Å². The maximum Gasteiger partial charge on any atom is 0.255 e. The maximum absolute atomic E-state index is 10.8. The molecule has 0 fully saturated rings. The highest BCUT2D eigenvalue weighted by Crippen LogP contribution is 2.32. The second-order valence-electron chi connectivity index (χ2n) is 4.61. The summed E-state index contributed by atoms with van der Waals surface area (Å²) in [4.78, 5) is 12.9. The zero-order valence-corrected chi connectivity index (χ0v) is 15.4. The molecule has 0 aliphatic rings. The smallest absolute Gasteiger partial charge is 0.255 e. The molecule has 0 atom stereocenters. The maximum atomic E-state index is 10.8. The Morgan fingerprint density at radius 3 is 2.50 bits per heavy atom. The topological polar surface area (TPSA) is 67.6 Å². The molecule has 22 heavy (non-hydrogen) atoms. The van der Waals surface area contributed by atoms with Gasteiger partial charge >= 0.3 is 0 Å². The summed E-state index contributed by atoms with van der Waals surface area (Å²) in [6.45, 7) is 2.05. The summed E-state index contributed by atoms with van der Waals surface area (Å²) in [5.74, 6) is -0.116. The number of carbonyl (C=O) groups excluding carboxylic acids is 1. The van der Waals surface area contributed by atoms with Gasteiger partial charge in [-0.2, -0.15) is 0 Å². The third-order valence-corrected chi connectivity index (χ3v) is 2.99. The first-order valence-corrected chi connectivity index (χ1v) is 6.90. The first-order chi connectivity index (χ1) is 9.40. The van der Waals surface area contributed by atoms with Gasteiger partial charge in [0.15, 0.2) is 6.61 Å². The Morgan fingerprint density at radius 1 is 1.32 bits per heavy atom. The average molecular weight is 391 g/mol. The molecular formula is C13H19Cl4N3O2-2. The van der Waals surface area contributed by atoms with Crippen LogP contribution in [-0.4, -0.2) is 44.6 Å². The minimum atomic E-state index is -0.553. The third-order valence-electron chi connectivity index (χ3n) is 2.50. The number of hydrogen-bond donors (Lipinski definition) is 2. The highest BCUT2D eigenvalue weighted by Gasteiger charge is 2.11. The number of carbonyl (C=O) groups is 1. The van der Waals surface area contributed by atoms with Crippen molar-refractivity contribution in [3.05, 3.63) is 27.7 Å². The molecule has 0 heterocycles. The van der Waals surface area contributed by atoms with E-state index in [1.807, 2.05) is 14.1 Å². The van der Waals surface area contributed by atoms with Crippen molar-refractivity contribution in [2.45, 2.75) is 6.54 Å². The van der Waals surface area contributed by atoms with Gasteiger partial charge in [-0.25, -0.2) is 0 Å². The van der Waals surface area contributed by atoms with Crippen molar-refractivity contribution in [2.24, 2.45) is 5.73 Å². The molecule has 1 amide bonds. The van der Waals surface area contributed by atoms with Gasteiger partial charge in [0.1, 0.15) is 5.75 Å². The van der Waals surface area contributed by atoms with Crippen LogP contribution in [0, 0.1) is 0 Å². The number of nitrogens with zero attached hydrogens (tertiary/aromatic N) is 1. The van der Waals surface area contributed by atoms with Crippen LogP contribution in [0.2, 0.25) is 10.0 Å². The Bertz CT molecular complexity index is 473. The van der Waals surface area contributed by atoms with Crippen molar-refractivity contribution in [1.82, 2.24) is 10.2 Å². The van der Waals surface area contributed by atoms with Crippen LogP contribution < -0.4 is 40.6 Å². The second-order valence-corrected chi connectivity index (χ2v) is 5.45. The number of nitrogens with one attached hydrogen (secondary N) is 1. The van der Waals surface area contributed by atoms with E-state index in [1.165, 1.54) is 0 Å². The zero-order chi connectivity index (χ0) is 15.1. The minimum Gasteiger partial charge on any atom is -1.00 e. The van der Waals surface area contributed by atoms with Crippen LogP contribution in [0.25, 0.3) is 0 Å². The fraction of sp³-hybridized carbons (Fsp3) is 0.462. The molecule has 0 saturated heterocycles. The molecule has 1 aromatic rings. The molecule has 0 spiro atoms. The lowest BCUT2D eigenvalue weighted by atomic mass is 10.2. The van der Waals surface area contributed by atoms with Crippen LogP contribution in [0.15, 0.2) is 12.1 Å². The van der Waals surface area contributed by atoms with Crippen LogP contribution in [-0.2, 0) is 11.3 Å². The molecule has 0 aromatic heterocycles. The monoisotopic (exact) mass is 389 g/mol. The zero-order valence-electron chi connectivity index (χ0n) is 12.3. The summed E-state index contributed by atoms with van der Waals surface area (Å²) < 4.78 is 5.35. The number of nitrogens with two attached hydrogens (primary N) is 1. The van der Waals surface area contributed by atoms with Crippen molar-refractivity contribution < 1.29 is 34.3 Å². The van der Waals surface area contributed by atoms with E-state index < -0.39 is 5.91 Å². The Kier molecular flexibility index (Phi) is 13.1. The Balaban J connectivity index is 0. The van der Waals surface area contributed by atoms with Crippen molar-refractivity contribution in [3.8, 4) is 5.75 Å². The normalized spacial score (nSPS) is 9.86. The average Bonchev–Trinajstić information content (AvgIpc) is 2.32. The quantitative estimate of drug-likeness (QED) is 0.439. The fourth-order valence-electron chi connectivity index (χ4n) is 1.58. The molecule has 0 bridgehead atoms. The van der Waals surface area contributed by atoms with Crippen LogP contribution in [0.4, 0.5) is 0 Å². The first-order valence-electron chi connectivity index (χ1n) is 6.14. The lowest BCUT2D eigenvalue weighted by molar-refractivity contribution is -0.119. The Labute approximate surface area is 153 Å². The summed E-state index contributed by atoms with van der Waals surface area (Å²) in [5.41, 5.74) is 5.87. The lowest BCUT2D eigenvalue weighted by Crippen LogP contribution is -3.00. The van der Waals surface area contributed by atoms with E-state index in [9.17, 15) is 4.79 Å². The first kappa shape index (κ1) is 23.8. The lowest BCUT2D eigenvalue weighted by Gasteiger charge is -2.15. The number of amides is 1. The van der Waals surface area contributed by atoms with Gasteiger partial charge in [-0.15, -0.1) is 0 Å². The van der Waals surface area contributed by atoms with Crippen LogP contribution in [0.5, 0.6) is 5.75 Å². The van der Waals surface area contributed by atoms with Gasteiger partial charge in [0, 0.05) is 30.2 Å². The number of hydrogen-bond acceptors (Lipinski definition) is 4. The molecular weight excluding hydrogens is 372 g/mol. The molecule has 5 nitrogen and oxygen atoms in total. The second kappa shape index (κ2) is 12.0. The van der Waals surface area contributed by atoms with Gasteiger partial charge in [0.25, 0.3) is 5.91 Å². The van der Waals surface area contributed by atoms with Gasteiger partial charge in [0.05, 0.1) is 5.02 Å². The summed E-state index contributed by atoms with van der Waals surface area (Å²) in [5, 5.41) is 4.14. The van der Waals surface area contributed by atoms with E-state index in [1.54, 1.807) is 12.1 Å². The number of ether oxygens (including phenoxy) is 1. The van der Waals surface area contributed by atoms with Crippen molar-refractivity contribution in [3.63, 3.8) is 0 Å². The minimum absolute atomic E-state index is 0. The van der Waals surface area contributed by atoms with Crippen LogP contribution >= 0.6 is 23.2 Å². The Hall–Kier alpha value is -0.430. The van der Waals surface area contributed by atoms with E-state index in [0.717, 1.165) is 18.7 Å². The van der Waals surface area contributed by atoms with E-state index >= 15 is 0 Å². The van der Waals surface area contributed by atoms with Crippen molar-refractivity contribution in [2.75, 3.05) is 33.8 Å². The molecule has 9 heteroatoms. The largest absolute Gasteiger partial charge is 1.00 e. The Morgan fingerprint density at radius 2 is 1.95 bits per heavy atom. The summed E-state index contributed by atoms with van der Waals surface area (Å²) in [6.07, 6.45) is 0. The highest BCUT2D eigenvalue weighted by molar-refractivity contribution is 6.35. The molecule has 0 radical (unpaired) electrons.